The van der Waals surface area contributed by atoms with Crippen LogP contribution in [0.5, 0.6) is 0 Å². The predicted octanol–water partition coefficient (Wildman–Crippen LogP) is 3.44. The zero-order chi connectivity index (χ0) is 17.3. The number of aryl methyl sites for hydroxylation is 1. The zero-order valence-electron chi connectivity index (χ0n) is 13.1. The maximum Gasteiger partial charge on any atom is 0.416 e. The molecule has 2 aromatic carbocycles. The quantitative estimate of drug-likeness (QED) is 0.883. The third kappa shape index (κ3) is 3.14. The van der Waals surface area contributed by atoms with Crippen LogP contribution in [-0.2, 0) is 11.0 Å². The Labute approximate surface area is 137 Å². The van der Waals surface area contributed by atoms with Crippen LogP contribution in [0.25, 0.3) is 11.1 Å². The Morgan fingerprint density at radius 1 is 1.08 bits per heavy atom. The Balaban J connectivity index is 2.09. The molecule has 24 heavy (non-hydrogen) atoms. The van der Waals surface area contributed by atoms with Crippen molar-refractivity contribution in [1.29, 1.82) is 0 Å². The second-order valence-corrected chi connectivity index (χ2v) is 5.79. The van der Waals surface area contributed by atoms with Crippen molar-refractivity contribution in [3.8, 4) is 11.1 Å². The van der Waals surface area contributed by atoms with E-state index in [1.54, 1.807) is 30.3 Å². The summed E-state index contributed by atoms with van der Waals surface area (Å²) >= 11 is 0. The fourth-order valence-electron chi connectivity index (χ4n) is 2.95. The van der Waals surface area contributed by atoms with Gasteiger partial charge in [0, 0.05) is 13.1 Å². The Morgan fingerprint density at radius 2 is 1.83 bits per heavy atom. The molecule has 1 fully saturated rings. The van der Waals surface area contributed by atoms with E-state index >= 15 is 0 Å². The molecule has 3 rings (SSSR count). The van der Waals surface area contributed by atoms with Gasteiger partial charge >= 0.3 is 6.18 Å². The number of hydrogen-bond donors (Lipinski definition) is 2. The largest absolute Gasteiger partial charge is 0.416 e. The average Bonchev–Trinajstić information content (AvgIpc) is 2.55. The summed E-state index contributed by atoms with van der Waals surface area (Å²) < 4.78 is 39.6. The number of rotatable bonds is 2. The van der Waals surface area contributed by atoms with E-state index in [1.807, 2.05) is 0 Å². The van der Waals surface area contributed by atoms with Crippen molar-refractivity contribution < 1.29 is 18.0 Å². The van der Waals surface area contributed by atoms with Crippen LogP contribution in [0, 0.1) is 6.92 Å². The first kappa shape index (κ1) is 16.5. The van der Waals surface area contributed by atoms with Crippen molar-refractivity contribution in [2.45, 2.75) is 19.1 Å². The van der Waals surface area contributed by atoms with Gasteiger partial charge in [0.2, 0.25) is 5.91 Å². The Bertz CT molecular complexity index is 771. The van der Waals surface area contributed by atoms with Crippen LogP contribution in [-0.4, -0.2) is 19.0 Å². The van der Waals surface area contributed by atoms with E-state index in [2.05, 4.69) is 10.6 Å². The molecule has 1 aliphatic heterocycles. The van der Waals surface area contributed by atoms with E-state index in [0.717, 1.165) is 6.07 Å². The molecular weight excluding hydrogens is 317 g/mol. The highest BCUT2D eigenvalue weighted by Gasteiger charge is 2.33. The molecular formula is C18H17F3N2O. The van der Waals surface area contributed by atoms with Gasteiger partial charge in [0.05, 0.1) is 5.56 Å². The molecule has 1 aliphatic rings. The number of carbonyl (C=O) groups is 1. The van der Waals surface area contributed by atoms with Gasteiger partial charge in [0.15, 0.2) is 0 Å². The molecule has 1 unspecified atom stereocenters. The lowest BCUT2D eigenvalue weighted by Crippen LogP contribution is -2.47. The third-order valence-electron chi connectivity index (χ3n) is 4.16. The standard InChI is InChI=1S/C18H17F3N2O/c1-11-6-7-12(10-15(11)18(19,20)21)13-4-2-3-5-14(13)16-17(24)23-9-8-22-16/h2-7,10,16,22H,8-9H2,1H3,(H,23,24). The van der Waals surface area contributed by atoms with Gasteiger partial charge in [-0.1, -0.05) is 36.4 Å². The summed E-state index contributed by atoms with van der Waals surface area (Å²) in [5.41, 5.74) is 1.26. The summed E-state index contributed by atoms with van der Waals surface area (Å²) in [5.74, 6) is -0.170. The summed E-state index contributed by atoms with van der Waals surface area (Å²) in [6, 6.07) is 10.7. The van der Waals surface area contributed by atoms with Crippen LogP contribution in [0.15, 0.2) is 42.5 Å². The van der Waals surface area contributed by atoms with Crippen LogP contribution in [0.4, 0.5) is 13.2 Å². The number of piperazine rings is 1. The first-order valence-corrected chi connectivity index (χ1v) is 7.66. The van der Waals surface area contributed by atoms with Crippen molar-refractivity contribution in [3.05, 3.63) is 59.2 Å². The average molecular weight is 334 g/mol. The fourth-order valence-corrected chi connectivity index (χ4v) is 2.95. The molecule has 1 atom stereocenters. The van der Waals surface area contributed by atoms with Gasteiger partial charge in [-0.25, -0.2) is 0 Å². The first-order chi connectivity index (χ1) is 11.4. The zero-order valence-corrected chi connectivity index (χ0v) is 13.1. The molecule has 2 N–H and O–H groups in total. The monoisotopic (exact) mass is 334 g/mol. The number of benzene rings is 2. The number of nitrogens with one attached hydrogen (secondary N) is 2. The minimum absolute atomic E-state index is 0.170. The van der Waals surface area contributed by atoms with Crippen molar-refractivity contribution >= 4 is 5.91 Å². The maximum atomic E-state index is 13.2. The summed E-state index contributed by atoms with van der Waals surface area (Å²) in [5, 5.41) is 5.89. The predicted molar refractivity (Wildman–Crippen MR) is 85.4 cm³/mol. The molecule has 0 radical (unpaired) electrons. The van der Waals surface area contributed by atoms with Gasteiger partial charge in [-0.15, -0.1) is 0 Å². The summed E-state index contributed by atoms with van der Waals surface area (Å²) in [6.07, 6.45) is -4.41. The van der Waals surface area contributed by atoms with Crippen LogP contribution >= 0.6 is 0 Å². The number of alkyl halides is 3. The molecule has 0 spiro atoms. The SMILES string of the molecule is Cc1ccc(-c2ccccc2C2NCCNC2=O)cc1C(F)(F)F. The smallest absolute Gasteiger partial charge is 0.353 e. The highest BCUT2D eigenvalue weighted by atomic mass is 19.4. The van der Waals surface area contributed by atoms with Crippen molar-refractivity contribution in [2.24, 2.45) is 0 Å². The molecule has 0 saturated carbocycles. The molecule has 126 valence electrons. The lowest BCUT2D eigenvalue weighted by Gasteiger charge is -2.26. The van der Waals surface area contributed by atoms with E-state index in [4.69, 9.17) is 0 Å². The van der Waals surface area contributed by atoms with Crippen LogP contribution in [0.1, 0.15) is 22.7 Å². The summed E-state index contributed by atoms with van der Waals surface area (Å²) in [4.78, 5) is 12.1. The molecule has 2 aromatic rings. The van der Waals surface area contributed by atoms with Gasteiger partial charge in [0.1, 0.15) is 6.04 Å². The van der Waals surface area contributed by atoms with E-state index in [1.165, 1.54) is 13.0 Å². The second-order valence-electron chi connectivity index (χ2n) is 5.79. The fraction of sp³-hybridized carbons (Fsp3) is 0.278. The topological polar surface area (TPSA) is 41.1 Å². The highest BCUT2D eigenvalue weighted by Crippen LogP contribution is 2.36. The molecule has 1 saturated heterocycles. The van der Waals surface area contributed by atoms with Crippen molar-refractivity contribution in [2.75, 3.05) is 13.1 Å². The number of halogens is 3. The van der Waals surface area contributed by atoms with Crippen LogP contribution in [0.2, 0.25) is 0 Å². The van der Waals surface area contributed by atoms with Gasteiger partial charge in [-0.05, 0) is 35.2 Å². The first-order valence-electron chi connectivity index (χ1n) is 7.66. The minimum Gasteiger partial charge on any atom is -0.353 e. The Morgan fingerprint density at radius 3 is 2.54 bits per heavy atom. The van der Waals surface area contributed by atoms with Crippen molar-refractivity contribution in [1.82, 2.24) is 10.6 Å². The number of hydrogen-bond acceptors (Lipinski definition) is 2. The normalized spacial score (nSPS) is 18.3. The van der Waals surface area contributed by atoms with Gasteiger partial charge in [-0.2, -0.15) is 13.2 Å². The molecule has 3 nitrogen and oxygen atoms in total. The van der Waals surface area contributed by atoms with Crippen LogP contribution in [0.3, 0.4) is 0 Å². The van der Waals surface area contributed by atoms with E-state index < -0.39 is 17.8 Å². The van der Waals surface area contributed by atoms with E-state index in [0.29, 0.717) is 29.8 Å². The summed E-state index contributed by atoms with van der Waals surface area (Å²) in [6.45, 7) is 2.60. The third-order valence-corrected chi connectivity index (χ3v) is 4.16. The number of carbonyl (C=O) groups excluding carboxylic acids is 1. The number of amides is 1. The van der Waals surface area contributed by atoms with Gasteiger partial charge in [-0.3, -0.25) is 4.79 Å². The lowest BCUT2D eigenvalue weighted by atomic mass is 9.92. The van der Waals surface area contributed by atoms with Gasteiger partial charge < -0.3 is 10.6 Å². The molecule has 1 amide bonds. The second kappa shape index (κ2) is 6.28. The minimum atomic E-state index is -4.41. The molecule has 1 heterocycles. The van der Waals surface area contributed by atoms with Gasteiger partial charge in [0.25, 0.3) is 0 Å². The lowest BCUT2D eigenvalue weighted by molar-refractivity contribution is -0.138. The Kier molecular flexibility index (Phi) is 4.32. The molecule has 0 aromatic heterocycles. The molecule has 6 heteroatoms. The summed E-state index contributed by atoms with van der Waals surface area (Å²) in [7, 11) is 0. The van der Waals surface area contributed by atoms with E-state index in [9.17, 15) is 18.0 Å². The van der Waals surface area contributed by atoms with Crippen molar-refractivity contribution in [3.63, 3.8) is 0 Å². The molecule has 0 bridgehead atoms. The van der Waals surface area contributed by atoms with E-state index in [-0.39, 0.29) is 11.5 Å². The molecule has 0 aliphatic carbocycles. The maximum absolute atomic E-state index is 13.2. The highest BCUT2D eigenvalue weighted by molar-refractivity contribution is 5.87. The van der Waals surface area contributed by atoms with Crippen LogP contribution < -0.4 is 10.6 Å². The Hall–Kier alpha value is -2.34.